The van der Waals surface area contributed by atoms with Crippen LogP contribution in [0, 0.1) is 0 Å². The third-order valence-electron chi connectivity index (χ3n) is 4.60. The lowest BCUT2D eigenvalue weighted by Gasteiger charge is -2.37. The van der Waals surface area contributed by atoms with E-state index in [0.717, 1.165) is 32.6 Å². The first-order chi connectivity index (χ1) is 11.1. The van der Waals surface area contributed by atoms with Gasteiger partial charge in [0.2, 0.25) is 10.0 Å². The average Bonchev–Trinajstić information content (AvgIpc) is 3.10. The largest absolute Gasteiger partial charge is 0.494 e. The van der Waals surface area contributed by atoms with Crippen molar-refractivity contribution in [2.24, 2.45) is 0 Å². The summed E-state index contributed by atoms with van der Waals surface area (Å²) >= 11 is 0. The molecule has 2 saturated heterocycles. The molecule has 136 valence electrons. The van der Waals surface area contributed by atoms with Gasteiger partial charge in [-0.3, -0.25) is 4.90 Å². The standard InChI is InChI=1S/C16H25N3O3S.ClH/c1-2-22-15-3-5-16(6-4-15)23(20,21)19-11-9-18(10-12-19)14-7-8-17-13-14;/h3-6,14,17H,2,7-13H2,1H3;1H. The molecule has 0 aliphatic carbocycles. The number of halogens is 1. The summed E-state index contributed by atoms with van der Waals surface area (Å²) in [5.41, 5.74) is 0. The van der Waals surface area contributed by atoms with E-state index in [1.807, 2.05) is 6.92 Å². The normalized spacial score (nSPS) is 23.0. The van der Waals surface area contributed by atoms with Crippen molar-refractivity contribution in [2.45, 2.75) is 24.3 Å². The summed E-state index contributed by atoms with van der Waals surface area (Å²) in [6.45, 7) is 7.30. The van der Waals surface area contributed by atoms with Crippen molar-refractivity contribution in [3.8, 4) is 5.75 Å². The first-order valence-electron chi connectivity index (χ1n) is 8.29. The first kappa shape index (κ1) is 19.5. The zero-order chi connectivity index (χ0) is 16.3. The molecule has 6 nitrogen and oxygen atoms in total. The van der Waals surface area contributed by atoms with Crippen LogP contribution in [0.2, 0.25) is 0 Å². The Labute approximate surface area is 150 Å². The molecule has 0 amide bonds. The van der Waals surface area contributed by atoms with E-state index in [-0.39, 0.29) is 12.4 Å². The van der Waals surface area contributed by atoms with Gasteiger partial charge in [-0.1, -0.05) is 0 Å². The second-order valence-electron chi connectivity index (χ2n) is 5.99. The molecule has 1 aromatic rings. The highest BCUT2D eigenvalue weighted by atomic mass is 35.5. The van der Waals surface area contributed by atoms with Gasteiger partial charge in [-0.15, -0.1) is 12.4 Å². The number of nitrogens with one attached hydrogen (secondary N) is 1. The van der Waals surface area contributed by atoms with Crippen LogP contribution in [0.5, 0.6) is 5.75 Å². The molecule has 3 rings (SSSR count). The molecule has 0 radical (unpaired) electrons. The number of sulfonamides is 1. The average molecular weight is 376 g/mol. The predicted octanol–water partition coefficient (Wildman–Crippen LogP) is 1.18. The molecule has 8 heteroatoms. The van der Waals surface area contributed by atoms with Crippen LogP contribution in [0.1, 0.15) is 13.3 Å². The molecule has 2 fully saturated rings. The monoisotopic (exact) mass is 375 g/mol. The molecule has 1 unspecified atom stereocenters. The van der Waals surface area contributed by atoms with Crippen LogP contribution >= 0.6 is 12.4 Å². The zero-order valence-corrected chi connectivity index (χ0v) is 15.6. The number of rotatable bonds is 5. The molecular weight excluding hydrogens is 350 g/mol. The molecule has 2 aliphatic rings. The summed E-state index contributed by atoms with van der Waals surface area (Å²) in [5, 5.41) is 3.37. The Morgan fingerprint density at radius 2 is 1.83 bits per heavy atom. The number of hydrogen-bond donors (Lipinski definition) is 1. The number of hydrogen-bond acceptors (Lipinski definition) is 5. The van der Waals surface area contributed by atoms with Crippen LogP contribution in [0.4, 0.5) is 0 Å². The molecule has 2 aliphatic heterocycles. The summed E-state index contributed by atoms with van der Waals surface area (Å²) in [4.78, 5) is 2.75. The number of piperazine rings is 1. The van der Waals surface area contributed by atoms with E-state index in [9.17, 15) is 8.42 Å². The van der Waals surface area contributed by atoms with Crippen molar-refractivity contribution in [1.82, 2.24) is 14.5 Å². The van der Waals surface area contributed by atoms with Crippen molar-refractivity contribution in [3.05, 3.63) is 24.3 Å². The third kappa shape index (κ3) is 4.21. The van der Waals surface area contributed by atoms with Crippen molar-refractivity contribution >= 4 is 22.4 Å². The highest BCUT2D eigenvalue weighted by Gasteiger charge is 2.31. The quantitative estimate of drug-likeness (QED) is 0.837. The van der Waals surface area contributed by atoms with E-state index < -0.39 is 10.0 Å². The minimum Gasteiger partial charge on any atom is -0.494 e. The fourth-order valence-corrected chi connectivity index (χ4v) is 4.71. The molecule has 1 aromatic carbocycles. The Hall–Kier alpha value is -0.860. The van der Waals surface area contributed by atoms with E-state index in [1.165, 1.54) is 0 Å². The second kappa shape index (κ2) is 8.49. The highest BCUT2D eigenvalue weighted by molar-refractivity contribution is 7.89. The van der Waals surface area contributed by atoms with Gasteiger partial charge in [0.1, 0.15) is 5.75 Å². The van der Waals surface area contributed by atoms with Crippen LogP contribution in [0.15, 0.2) is 29.2 Å². The molecule has 2 heterocycles. The molecule has 1 atom stereocenters. The van der Waals surface area contributed by atoms with E-state index >= 15 is 0 Å². The maximum atomic E-state index is 12.7. The molecule has 0 spiro atoms. The Kier molecular flexibility index (Phi) is 6.88. The molecule has 1 N–H and O–H groups in total. The Morgan fingerprint density at radius 1 is 1.17 bits per heavy atom. The van der Waals surface area contributed by atoms with Gasteiger partial charge < -0.3 is 10.1 Å². The van der Waals surface area contributed by atoms with Crippen molar-refractivity contribution in [2.75, 3.05) is 45.9 Å². The second-order valence-corrected chi connectivity index (χ2v) is 7.93. The van der Waals surface area contributed by atoms with Crippen LogP contribution in [-0.2, 0) is 10.0 Å². The number of ether oxygens (including phenoxy) is 1. The van der Waals surface area contributed by atoms with E-state index in [4.69, 9.17) is 4.74 Å². The number of nitrogens with zero attached hydrogens (tertiary/aromatic N) is 2. The summed E-state index contributed by atoms with van der Waals surface area (Å²) in [6, 6.07) is 7.26. The predicted molar refractivity (Wildman–Crippen MR) is 96.5 cm³/mol. The molecule has 0 aromatic heterocycles. The van der Waals surface area contributed by atoms with E-state index in [2.05, 4.69) is 10.2 Å². The Morgan fingerprint density at radius 3 is 2.38 bits per heavy atom. The Bertz CT molecular complexity index is 610. The van der Waals surface area contributed by atoms with E-state index in [0.29, 0.717) is 36.4 Å². The minimum absolute atomic E-state index is 0. The van der Waals surface area contributed by atoms with Gasteiger partial charge in [0.05, 0.1) is 11.5 Å². The summed E-state index contributed by atoms with van der Waals surface area (Å²) in [5.74, 6) is 0.699. The highest BCUT2D eigenvalue weighted by Crippen LogP contribution is 2.22. The minimum atomic E-state index is -3.41. The topological polar surface area (TPSA) is 61.9 Å². The lowest BCUT2D eigenvalue weighted by atomic mass is 10.2. The number of benzene rings is 1. The molecular formula is C16H26ClN3O3S. The van der Waals surface area contributed by atoms with Gasteiger partial charge in [0.25, 0.3) is 0 Å². The fourth-order valence-electron chi connectivity index (χ4n) is 3.28. The molecule has 24 heavy (non-hydrogen) atoms. The van der Waals surface area contributed by atoms with Gasteiger partial charge in [-0.2, -0.15) is 4.31 Å². The van der Waals surface area contributed by atoms with Crippen LogP contribution in [0.3, 0.4) is 0 Å². The van der Waals surface area contributed by atoms with Crippen molar-refractivity contribution < 1.29 is 13.2 Å². The van der Waals surface area contributed by atoms with Gasteiger partial charge in [-0.05, 0) is 44.2 Å². The van der Waals surface area contributed by atoms with Gasteiger partial charge >= 0.3 is 0 Å². The van der Waals surface area contributed by atoms with Crippen LogP contribution in [0.25, 0.3) is 0 Å². The smallest absolute Gasteiger partial charge is 0.243 e. The summed E-state index contributed by atoms with van der Waals surface area (Å²) in [7, 11) is -3.41. The fraction of sp³-hybridized carbons (Fsp3) is 0.625. The molecule has 0 bridgehead atoms. The molecule has 0 saturated carbocycles. The first-order valence-corrected chi connectivity index (χ1v) is 9.73. The van der Waals surface area contributed by atoms with Gasteiger partial charge in [0, 0.05) is 38.8 Å². The zero-order valence-electron chi connectivity index (χ0n) is 14.0. The maximum Gasteiger partial charge on any atom is 0.243 e. The third-order valence-corrected chi connectivity index (χ3v) is 6.51. The Balaban J connectivity index is 0.00000208. The van der Waals surface area contributed by atoms with E-state index in [1.54, 1.807) is 28.6 Å². The SMILES string of the molecule is CCOc1ccc(S(=O)(=O)N2CCN(C3CCNC3)CC2)cc1.Cl. The summed E-state index contributed by atoms with van der Waals surface area (Å²) < 4.78 is 32.4. The summed E-state index contributed by atoms with van der Waals surface area (Å²) in [6.07, 6.45) is 1.16. The van der Waals surface area contributed by atoms with Crippen LogP contribution < -0.4 is 10.1 Å². The maximum absolute atomic E-state index is 12.7. The van der Waals surface area contributed by atoms with Crippen molar-refractivity contribution in [1.29, 1.82) is 0 Å². The lowest BCUT2D eigenvalue weighted by Crippen LogP contribution is -2.52. The lowest BCUT2D eigenvalue weighted by molar-refractivity contribution is 0.145. The van der Waals surface area contributed by atoms with Gasteiger partial charge in [0.15, 0.2) is 0 Å². The van der Waals surface area contributed by atoms with Crippen molar-refractivity contribution in [3.63, 3.8) is 0 Å². The van der Waals surface area contributed by atoms with Crippen LogP contribution in [-0.4, -0.2) is 69.5 Å². The van der Waals surface area contributed by atoms with Gasteiger partial charge in [-0.25, -0.2) is 8.42 Å².